The van der Waals surface area contributed by atoms with Gasteiger partial charge in [-0.25, -0.2) is 0 Å². The van der Waals surface area contributed by atoms with E-state index in [4.69, 9.17) is 0 Å². The van der Waals surface area contributed by atoms with Crippen molar-refractivity contribution in [3.05, 3.63) is 83.2 Å². The summed E-state index contributed by atoms with van der Waals surface area (Å²) in [6.45, 7) is 5.46. The van der Waals surface area contributed by atoms with E-state index in [1.807, 2.05) is 44.2 Å². The second-order valence-corrected chi connectivity index (χ2v) is 6.46. The summed E-state index contributed by atoms with van der Waals surface area (Å²) in [5, 5.41) is 6.13. The van der Waals surface area contributed by atoms with E-state index in [2.05, 4.69) is 15.6 Å². The number of benzene rings is 2. The van der Waals surface area contributed by atoms with Crippen LogP contribution in [0.4, 0.5) is 17.1 Å². The summed E-state index contributed by atoms with van der Waals surface area (Å²) < 4.78 is 0. The van der Waals surface area contributed by atoms with Gasteiger partial charge >= 0.3 is 0 Å². The maximum absolute atomic E-state index is 12.6. The molecule has 5 nitrogen and oxygen atoms in total. The number of amides is 1. The fraction of sp³-hybridized carbons (Fsp3) is 0.136. The highest BCUT2D eigenvalue weighted by Crippen LogP contribution is 2.20. The average molecular weight is 359 g/mol. The van der Waals surface area contributed by atoms with Crippen molar-refractivity contribution in [2.45, 2.75) is 20.8 Å². The molecule has 2 N–H and O–H groups in total. The number of nitrogens with one attached hydrogen (secondary N) is 2. The van der Waals surface area contributed by atoms with E-state index in [1.54, 1.807) is 30.5 Å². The summed E-state index contributed by atoms with van der Waals surface area (Å²) in [6.07, 6.45) is 1.59. The molecule has 5 heteroatoms. The Hall–Kier alpha value is -3.47. The van der Waals surface area contributed by atoms with Crippen molar-refractivity contribution < 1.29 is 9.59 Å². The molecule has 1 heterocycles. The first-order chi connectivity index (χ1) is 12.9. The third-order valence-electron chi connectivity index (χ3n) is 4.21. The van der Waals surface area contributed by atoms with Crippen LogP contribution in [0.15, 0.2) is 60.8 Å². The second kappa shape index (κ2) is 7.83. The van der Waals surface area contributed by atoms with Crippen LogP contribution in [0.25, 0.3) is 0 Å². The first kappa shape index (κ1) is 18.3. The molecule has 2 aromatic carbocycles. The summed E-state index contributed by atoms with van der Waals surface area (Å²) in [5.41, 5.74) is 5.39. The number of aryl methyl sites for hydroxylation is 2. The van der Waals surface area contributed by atoms with Gasteiger partial charge in [0.15, 0.2) is 5.78 Å². The largest absolute Gasteiger partial charge is 0.355 e. The lowest BCUT2D eigenvalue weighted by Gasteiger charge is -2.11. The first-order valence-corrected chi connectivity index (χ1v) is 8.65. The number of rotatable bonds is 5. The molecule has 0 saturated heterocycles. The van der Waals surface area contributed by atoms with E-state index in [-0.39, 0.29) is 11.7 Å². The zero-order valence-corrected chi connectivity index (χ0v) is 15.5. The Morgan fingerprint density at radius 2 is 1.63 bits per heavy atom. The van der Waals surface area contributed by atoms with Crippen molar-refractivity contribution in [1.82, 2.24) is 4.98 Å². The molecule has 0 unspecified atom stereocenters. The number of carbonyl (C=O) groups is 2. The Balaban J connectivity index is 1.75. The smallest absolute Gasteiger partial charge is 0.274 e. The molecule has 0 aliphatic carbocycles. The van der Waals surface area contributed by atoms with Gasteiger partial charge in [-0.3, -0.25) is 14.6 Å². The molecule has 1 amide bonds. The molecular weight excluding hydrogens is 338 g/mol. The van der Waals surface area contributed by atoms with Crippen LogP contribution in [-0.2, 0) is 0 Å². The summed E-state index contributed by atoms with van der Waals surface area (Å²) in [4.78, 5) is 28.1. The van der Waals surface area contributed by atoms with Gasteiger partial charge in [-0.05, 0) is 74.4 Å². The van der Waals surface area contributed by atoms with Gasteiger partial charge in [0.1, 0.15) is 5.69 Å². The molecule has 0 bridgehead atoms. The van der Waals surface area contributed by atoms with Gasteiger partial charge in [0, 0.05) is 28.8 Å². The number of nitrogens with zero attached hydrogens (tertiary/aromatic N) is 1. The monoisotopic (exact) mass is 359 g/mol. The Kier molecular flexibility index (Phi) is 5.31. The van der Waals surface area contributed by atoms with Gasteiger partial charge in [0.05, 0.1) is 0 Å². The minimum absolute atomic E-state index is 0.0239. The van der Waals surface area contributed by atoms with E-state index < -0.39 is 0 Å². The normalized spacial score (nSPS) is 10.3. The topological polar surface area (TPSA) is 71.1 Å². The Bertz CT molecular complexity index is 995. The van der Waals surface area contributed by atoms with Crippen molar-refractivity contribution in [2.24, 2.45) is 0 Å². The molecule has 0 aliphatic heterocycles. The standard InChI is InChI=1S/C22H21N3O2/c1-14-4-5-15(2)20(12-14)25-22(27)21-13-19(10-11-23-21)24-18-8-6-17(7-9-18)16(3)26/h4-13H,1-3H3,(H,23,24)(H,25,27). The molecule has 0 radical (unpaired) electrons. The van der Waals surface area contributed by atoms with Crippen LogP contribution in [0.2, 0.25) is 0 Å². The number of carbonyl (C=O) groups excluding carboxylic acids is 2. The van der Waals surface area contributed by atoms with Crippen LogP contribution in [0.1, 0.15) is 38.9 Å². The van der Waals surface area contributed by atoms with Gasteiger partial charge in [0.2, 0.25) is 0 Å². The Morgan fingerprint density at radius 1 is 0.889 bits per heavy atom. The third-order valence-corrected chi connectivity index (χ3v) is 4.21. The Labute approximate surface area is 158 Å². The van der Waals surface area contributed by atoms with Gasteiger partial charge in [-0.15, -0.1) is 0 Å². The van der Waals surface area contributed by atoms with E-state index in [0.717, 1.165) is 28.2 Å². The maximum Gasteiger partial charge on any atom is 0.274 e. The van der Waals surface area contributed by atoms with E-state index in [9.17, 15) is 9.59 Å². The maximum atomic E-state index is 12.6. The van der Waals surface area contributed by atoms with Gasteiger partial charge in [-0.2, -0.15) is 0 Å². The minimum atomic E-state index is -0.265. The van der Waals surface area contributed by atoms with Crippen molar-refractivity contribution in [3.63, 3.8) is 0 Å². The lowest BCUT2D eigenvalue weighted by molar-refractivity contribution is 0.101. The van der Waals surface area contributed by atoms with Crippen LogP contribution < -0.4 is 10.6 Å². The molecule has 0 fully saturated rings. The minimum Gasteiger partial charge on any atom is -0.355 e. The summed E-state index contributed by atoms with van der Waals surface area (Å²) >= 11 is 0. The number of hydrogen-bond acceptors (Lipinski definition) is 4. The lowest BCUT2D eigenvalue weighted by Crippen LogP contribution is -2.14. The highest BCUT2D eigenvalue weighted by Gasteiger charge is 2.10. The molecular formula is C22H21N3O2. The highest BCUT2D eigenvalue weighted by molar-refractivity contribution is 6.03. The van der Waals surface area contributed by atoms with Crippen LogP contribution in [0.3, 0.4) is 0 Å². The zero-order valence-electron chi connectivity index (χ0n) is 15.5. The first-order valence-electron chi connectivity index (χ1n) is 8.65. The molecule has 0 saturated carbocycles. The fourth-order valence-corrected chi connectivity index (χ4v) is 2.64. The molecule has 3 aromatic rings. The quantitative estimate of drug-likeness (QED) is 0.636. The predicted molar refractivity (Wildman–Crippen MR) is 108 cm³/mol. The van der Waals surface area contributed by atoms with Crippen LogP contribution >= 0.6 is 0 Å². The average Bonchev–Trinajstić information content (AvgIpc) is 2.65. The number of Topliss-reactive ketones (excluding diaryl/α,β-unsaturated/α-hetero) is 1. The van der Waals surface area contributed by atoms with Gasteiger partial charge in [0.25, 0.3) is 5.91 Å². The second-order valence-electron chi connectivity index (χ2n) is 6.46. The Morgan fingerprint density at radius 3 is 2.33 bits per heavy atom. The molecule has 1 aromatic heterocycles. The van der Waals surface area contributed by atoms with E-state index in [0.29, 0.717) is 11.3 Å². The number of pyridine rings is 1. The molecule has 0 spiro atoms. The van der Waals surface area contributed by atoms with Crippen molar-refractivity contribution in [1.29, 1.82) is 0 Å². The number of hydrogen-bond donors (Lipinski definition) is 2. The van der Waals surface area contributed by atoms with Crippen LogP contribution in [0.5, 0.6) is 0 Å². The highest BCUT2D eigenvalue weighted by atomic mass is 16.2. The van der Waals surface area contributed by atoms with E-state index >= 15 is 0 Å². The summed E-state index contributed by atoms with van der Waals surface area (Å²) in [6, 6.07) is 16.6. The van der Waals surface area contributed by atoms with Crippen molar-refractivity contribution in [2.75, 3.05) is 10.6 Å². The van der Waals surface area contributed by atoms with Crippen LogP contribution in [0, 0.1) is 13.8 Å². The third kappa shape index (κ3) is 4.58. The van der Waals surface area contributed by atoms with Gasteiger partial charge < -0.3 is 10.6 Å². The zero-order chi connectivity index (χ0) is 19.4. The van der Waals surface area contributed by atoms with Crippen molar-refractivity contribution in [3.8, 4) is 0 Å². The molecule has 0 atom stereocenters. The SMILES string of the molecule is CC(=O)c1ccc(Nc2ccnc(C(=O)Nc3cc(C)ccc3C)c2)cc1. The predicted octanol–water partition coefficient (Wildman–Crippen LogP) is 4.90. The summed E-state index contributed by atoms with van der Waals surface area (Å²) in [7, 11) is 0. The van der Waals surface area contributed by atoms with Crippen molar-refractivity contribution >= 4 is 28.8 Å². The molecule has 27 heavy (non-hydrogen) atoms. The molecule has 0 aliphatic rings. The summed E-state index contributed by atoms with van der Waals surface area (Å²) in [5.74, 6) is -0.241. The number of ketones is 1. The number of aromatic nitrogens is 1. The molecule has 136 valence electrons. The van der Waals surface area contributed by atoms with E-state index in [1.165, 1.54) is 6.92 Å². The molecule has 3 rings (SSSR count). The lowest BCUT2D eigenvalue weighted by atomic mass is 10.1. The van der Waals surface area contributed by atoms with Crippen LogP contribution in [-0.4, -0.2) is 16.7 Å². The number of anilines is 3. The fourth-order valence-electron chi connectivity index (χ4n) is 2.64. The van der Waals surface area contributed by atoms with Gasteiger partial charge in [-0.1, -0.05) is 12.1 Å².